The topological polar surface area (TPSA) is 93.7 Å². The number of anilines is 1. The second-order valence-electron chi connectivity index (χ2n) is 7.67. The SMILES string of the molecule is CCOC(=O)Oc1ccc(C(=O)Nc2ccc(CNC(=O)c3cccc4ccccc34)cc2)cc1. The number of carbonyl (C=O) groups is 3. The van der Waals surface area contributed by atoms with Crippen LogP contribution in [0.1, 0.15) is 33.2 Å². The first-order chi connectivity index (χ1) is 17.0. The predicted octanol–water partition coefficient (Wildman–Crippen LogP) is 5.56. The van der Waals surface area contributed by atoms with Crippen LogP contribution in [0.5, 0.6) is 5.75 Å². The van der Waals surface area contributed by atoms with Crippen LogP contribution in [0, 0.1) is 0 Å². The fourth-order valence-corrected chi connectivity index (χ4v) is 3.53. The van der Waals surface area contributed by atoms with Crippen molar-refractivity contribution in [3.05, 3.63) is 108 Å². The molecule has 0 atom stereocenters. The molecular formula is C28H24N2O5. The van der Waals surface area contributed by atoms with E-state index in [1.807, 2.05) is 54.6 Å². The summed E-state index contributed by atoms with van der Waals surface area (Å²) in [6, 6.07) is 26.8. The van der Waals surface area contributed by atoms with E-state index >= 15 is 0 Å². The zero-order chi connectivity index (χ0) is 24.6. The van der Waals surface area contributed by atoms with Gasteiger partial charge in [0.15, 0.2) is 0 Å². The summed E-state index contributed by atoms with van der Waals surface area (Å²) in [6.45, 7) is 2.26. The Kier molecular flexibility index (Phi) is 7.37. The Morgan fingerprint density at radius 3 is 2.23 bits per heavy atom. The van der Waals surface area contributed by atoms with E-state index in [-0.39, 0.29) is 24.2 Å². The highest BCUT2D eigenvalue weighted by Crippen LogP contribution is 2.19. The number of rotatable bonds is 7. The molecule has 0 spiro atoms. The molecule has 0 fully saturated rings. The monoisotopic (exact) mass is 468 g/mol. The molecule has 0 saturated carbocycles. The first-order valence-corrected chi connectivity index (χ1v) is 11.1. The third-order valence-electron chi connectivity index (χ3n) is 5.28. The van der Waals surface area contributed by atoms with Crippen LogP contribution in [0.15, 0.2) is 91.0 Å². The molecule has 2 N–H and O–H groups in total. The van der Waals surface area contributed by atoms with Crippen molar-refractivity contribution in [2.75, 3.05) is 11.9 Å². The van der Waals surface area contributed by atoms with Crippen LogP contribution >= 0.6 is 0 Å². The molecule has 0 aromatic heterocycles. The Morgan fingerprint density at radius 1 is 0.771 bits per heavy atom. The van der Waals surface area contributed by atoms with Gasteiger partial charge in [-0.3, -0.25) is 9.59 Å². The van der Waals surface area contributed by atoms with Gasteiger partial charge in [0.05, 0.1) is 6.61 Å². The molecule has 176 valence electrons. The average Bonchev–Trinajstić information content (AvgIpc) is 2.88. The van der Waals surface area contributed by atoms with Crippen LogP contribution in [0.4, 0.5) is 10.5 Å². The van der Waals surface area contributed by atoms with Crippen LogP contribution in [-0.2, 0) is 11.3 Å². The van der Waals surface area contributed by atoms with Gasteiger partial charge < -0.3 is 20.1 Å². The lowest BCUT2D eigenvalue weighted by Crippen LogP contribution is -2.23. The number of fused-ring (bicyclic) bond motifs is 1. The van der Waals surface area contributed by atoms with Gasteiger partial charge in [-0.1, -0.05) is 48.5 Å². The Morgan fingerprint density at radius 2 is 1.49 bits per heavy atom. The minimum atomic E-state index is -0.793. The summed E-state index contributed by atoms with van der Waals surface area (Å²) in [5.41, 5.74) is 2.56. The Hall–Kier alpha value is -4.65. The van der Waals surface area contributed by atoms with Crippen LogP contribution in [0.25, 0.3) is 10.8 Å². The highest BCUT2D eigenvalue weighted by Gasteiger charge is 2.11. The lowest BCUT2D eigenvalue weighted by Gasteiger charge is -2.10. The molecule has 0 bridgehead atoms. The first kappa shape index (κ1) is 23.5. The molecule has 2 amide bonds. The summed E-state index contributed by atoms with van der Waals surface area (Å²) in [6.07, 6.45) is -0.793. The van der Waals surface area contributed by atoms with Crippen LogP contribution in [-0.4, -0.2) is 24.6 Å². The number of hydrogen-bond donors (Lipinski definition) is 2. The highest BCUT2D eigenvalue weighted by atomic mass is 16.7. The Labute approximate surface area is 202 Å². The summed E-state index contributed by atoms with van der Waals surface area (Å²) >= 11 is 0. The summed E-state index contributed by atoms with van der Waals surface area (Å²) < 4.78 is 9.71. The van der Waals surface area contributed by atoms with Crippen molar-refractivity contribution in [3.63, 3.8) is 0 Å². The van der Waals surface area contributed by atoms with Crippen LogP contribution in [0.2, 0.25) is 0 Å². The van der Waals surface area contributed by atoms with E-state index in [0.717, 1.165) is 16.3 Å². The maximum Gasteiger partial charge on any atom is 0.513 e. The standard InChI is InChI=1S/C28H24N2O5/c1-2-34-28(33)35-23-16-12-21(13-17-23)26(31)30-22-14-10-19(11-15-22)18-29-27(32)25-9-5-7-20-6-3-4-8-24(20)25/h3-17H,2,18H2,1H3,(H,29,32)(H,30,31). The number of benzene rings is 4. The van der Waals surface area contributed by atoms with Crippen molar-refractivity contribution in [3.8, 4) is 5.75 Å². The van der Waals surface area contributed by atoms with Crippen molar-refractivity contribution in [1.29, 1.82) is 0 Å². The van der Waals surface area contributed by atoms with Crippen molar-refractivity contribution in [2.45, 2.75) is 13.5 Å². The minimum absolute atomic E-state index is 0.144. The second kappa shape index (κ2) is 11.0. The summed E-state index contributed by atoms with van der Waals surface area (Å²) in [4.78, 5) is 36.6. The van der Waals surface area contributed by atoms with Gasteiger partial charge in [-0.25, -0.2) is 4.79 Å². The van der Waals surface area contributed by atoms with Gasteiger partial charge >= 0.3 is 6.16 Å². The number of nitrogens with one attached hydrogen (secondary N) is 2. The van der Waals surface area contributed by atoms with E-state index in [1.54, 1.807) is 31.2 Å². The van der Waals surface area contributed by atoms with Crippen molar-refractivity contribution in [2.24, 2.45) is 0 Å². The lowest BCUT2D eigenvalue weighted by molar-refractivity contribution is 0.0951. The van der Waals surface area contributed by atoms with E-state index < -0.39 is 6.16 Å². The molecular weight excluding hydrogens is 444 g/mol. The van der Waals surface area contributed by atoms with Gasteiger partial charge in [-0.05, 0) is 65.7 Å². The molecule has 7 nitrogen and oxygen atoms in total. The summed E-state index contributed by atoms with van der Waals surface area (Å²) in [5, 5.41) is 7.69. The number of carbonyl (C=O) groups excluding carboxylic acids is 3. The molecule has 0 aliphatic carbocycles. The molecule has 7 heteroatoms. The molecule has 35 heavy (non-hydrogen) atoms. The molecule has 4 aromatic rings. The van der Waals surface area contributed by atoms with Gasteiger partial charge in [0, 0.05) is 23.4 Å². The fourth-order valence-electron chi connectivity index (χ4n) is 3.53. The van der Waals surface area contributed by atoms with E-state index in [1.165, 1.54) is 12.1 Å². The largest absolute Gasteiger partial charge is 0.513 e. The second-order valence-corrected chi connectivity index (χ2v) is 7.67. The maximum absolute atomic E-state index is 12.7. The molecule has 0 radical (unpaired) electrons. The molecule has 0 aliphatic heterocycles. The average molecular weight is 469 g/mol. The number of ether oxygens (including phenoxy) is 2. The molecule has 0 aliphatic rings. The number of amides is 2. The predicted molar refractivity (Wildman–Crippen MR) is 134 cm³/mol. The van der Waals surface area contributed by atoms with Crippen molar-refractivity contribution < 1.29 is 23.9 Å². The van der Waals surface area contributed by atoms with E-state index in [2.05, 4.69) is 10.6 Å². The van der Waals surface area contributed by atoms with Crippen molar-refractivity contribution in [1.82, 2.24) is 5.32 Å². The van der Waals surface area contributed by atoms with Gasteiger partial charge in [0.25, 0.3) is 11.8 Å². The molecule has 0 unspecified atom stereocenters. The zero-order valence-corrected chi connectivity index (χ0v) is 19.1. The van der Waals surface area contributed by atoms with Gasteiger partial charge in [0.2, 0.25) is 0 Å². The zero-order valence-electron chi connectivity index (χ0n) is 19.1. The quantitative estimate of drug-likeness (QED) is 0.274. The molecule has 4 aromatic carbocycles. The minimum Gasteiger partial charge on any atom is -0.434 e. The van der Waals surface area contributed by atoms with Gasteiger partial charge in [-0.15, -0.1) is 0 Å². The summed E-state index contributed by atoms with van der Waals surface area (Å²) in [7, 11) is 0. The van der Waals surface area contributed by atoms with Crippen molar-refractivity contribution >= 4 is 34.4 Å². The Bertz CT molecular complexity index is 1340. The Balaban J connectivity index is 1.32. The van der Waals surface area contributed by atoms with Crippen LogP contribution in [0.3, 0.4) is 0 Å². The van der Waals surface area contributed by atoms with Gasteiger partial charge in [0.1, 0.15) is 5.75 Å². The van der Waals surface area contributed by atoms with E-state index in [4.69, 9.17) is 9.47 Å². The lowest BCUT2D eigenvalue weighted by atomic mass is 10.0. The summed E-state index contributed by atoms with van der Waals surface area (Å²) in [5.74, 6) is -0.158. The fraction of sp³-hybridized carbons (Fsp3) is 0.107. The maximum atomic E-state index is 12.7. The highest BCUT2D eigenvalue weighted by molar-refractivity contribution is 6.07. The van der Waals surface area contributed by atoms with Gasteiger partial charge in [-0.2, -0.15) is 0 Å². The number of hydrogen-bond acceptors (Lipinski definition) is 5. The van der Waals surface area contributed by atoms with E-state index in [0.29, 0.717) is 23.4 Å². The third kappa shape index (κ3) is 6.03. The molecule has 0 heterocycles. The third-order valence-corrected chi connectivity index (χ3v) is 5.28. The molecule has 4 rings (SSSR count). The van der Waals surface area contributed by atoms with E-state index in [9.17, 15) is 14.4 Å². The molecule has 0 saturated heterocycles. The van der Waals surface area contributed by atoms with Crippen LogP contribution < -0.4 is 15.4 Å². The smallest absolute Gasteiger partial charge is 0.434 e. The first-order valence-electron chi connectivity index (χ1n) is 11.1. The normalized spacial score (nSPS) is 10.4.